The molecule has 86 valence electrons. The zero-order chi connectivity index (χ0) is 11.4. The minimum atomic E-state index is 0.607. The van der Waals surface area contributed by atoms with Crippen LogP contribution in [0.5, 0.6) is 5.88 Å². The normalized spacial score (nSPS) is 10.9. The van der Waals surface area contributed by atoms with Crippen molar-refractivity contribution in [1.82, 2.24) is 19.9 Å². The molecule has 0 aliphatic heterocycles. The molecule has 0 spiro atoms. The largest absolute Gasteiger partial charge is 0.475 e. The van der Waals surface area contributed by atoms with E-state index in [1.165, 1.54) is 0 Å². The Hall–Kier alpha value is -1.62. The first-order valence-electron chi connectivity index (χ1n) is 5.42. The number of nitrogens with zero attached hydrogens (tertiary/aromatic N) is 3. The lowest BCUT2D eigenvalue weighted by atomic mass is 10.4. The van der Waals surface area contributed by atoms with Crippen molar-refractivity contribution in [3.8, 4) is 5.88 Å². The van der Waals surface area contributed by atoms with E-state index in [-0.39, 0.29) is 0 Å². The first-order chi connectivity index (χ1) is 7.83. The summed E-state index contributed by atoms with van der Waals surface area (Å²) < 4.78 is 7.54. The van der Waals surface area contributed by atoms with Crippen LogP contribution in [0.2, 0.25) is 0 Å². The molecule has 0 aromatic carbocycles. The molecule has 0 aliphatic carbocycles. The molecular weight excluding hydrogens is 204 g/mol. The van der Waals surface area contributed by atoms with Crippen molar-refractivity contribution in [2.75, 3.05) is 19.7 Å². The van der Waals surface area contributed by atoms with Gasteiger partial charge >= 0.3 is 0 Å². The molecule has 0 radical (unpaired) electrons. The highest BCUT2D eigenvalue weighted by Crippen LogP contribution is 2.20. The number of likely N-dealkylation sites (N-methyl/N-ethyl adjacent to an activating group) is 1. The van der Waals surface area contributed by atoms with E-state index in [9.17, 15) is 0 Å². The van der Waals surface area contributed by atoms with Crippen LogP contribution < -0.4 is 10.1 Å². The van der Waals surface area contributed by atoms with Crippen molar-refractivity contribution in [1.29, 1.82) is 0 Å². The molecule has 2 rings (SSSR count). The number of imidazole rings is 1. The number of nitrogens with one attached hydrogen (secondary N) is 1. The summed E-state index contributed by atoms with van der Waals surface area (Å²) in [6, 6.07) is 1.93. The zero-order valence-electron chi connectivity index (χ0n) is 9.60. The monoisotopic (exact) mass is 220 g/mol. The minimum absolute atomic E-state index is 0.607. The summed E-state index contributed by atoms with van der Waals surface area (Å²) in [6.07, 6.45) is 3.51. The van der Waals surface area contributed by atoms with Gasteiger partial charge in [0.05, 0.1) is 11.8 Å². The van der Waals surface area contributed by atoms with Gasteiger partial charge in [-0.3, -0.25) is 0 Å². The molecule has 16 heavy (non-hydrogen) atoms. The maximum absolute atomic E-state index is 5.59. The van der Waals surface area contributed by atoms with Crippen molar-refractivity contribution in [2.45, 2.75) is 6.92 Å². The van der Waals surface area contributed by atoms with Gasteiger partial charge in [-0.1, -0.05) is 6.92 Å². The number of pyridine rings is 1. The summed E-state index contributed by atoms with van der Waals surface area (Å²) in [5.74, 6) is 0.607. The number of aryl methyl sites for hydroxylation is 1. The van der Waals surface area contributed by atoms with Crippen molar-refractivity contribution in [2.24, 2.45) is 7.05 Å². The summed E-state index contributed by atoms with van der Waals surface area (Å²) in [4.78, 5) is 8.46. The first kappa shape index (κ1) is 10.9. The maximum Gasteiger partial charge on any atom is 0.242 e. The lowest BCUT2D eigenvalue weighted by molar-refractivity contribution is 0.307. The van der Waals surface area contributed by atoms with Crippen LogP contribution in [0, 0.1) is 0 Å². The van der Waals surface area contributed by atoms with Crippen LogP contribution in [0.1, 0.15) is 6.92 Å². The molecule has 1 N–H and O–H groups in total. The Kier molecular flexibility index (Phi) is 3.36. The molecule has 5 nitrogen and oxygen atoms in total. The van der Waals surface area contributed by atoms with E-state index in [2.05, 4.69) is 22.2 Å². The zero-order valence-corrected chi connectivity index (χ0v) is 9.60. The molecule has 0 saturated carbocycles. The van der Waals surface area contributed by atoms with Crippen molar-refractivity contribution < 1.29 is 4.74 Å². The molecule has 0 unspecified atom stereocenters. The summed E-state index contributed by atoms with van der Waals surface area (Å²) in [5, 5.41) is 3.19. The number of hydrogen-bond donors (Lipinski definition) is 1. The van der Waals surface area contributed by atoms with Crippen LogP contribution >= 0.6 is 0 Å². The van der Waals surface area contributed by atoms with Gasteiger partial charge in [-0.05, 0) is 12.6 Å². The Morgan fingerprint density at radius 3 is 3.12 bits per heavy atom. The van der Waals surface area contributed by atoms with Gasteiger partial charge < -0.3 is 14.6 Å². The molecule has 2 aromatic heterocycles. The fourth-order valence-electron chi connectivity index (χ4n) is 1.54. The number of aromatic nitrogens is 3. The van der Waals surface area contributed by atoms with Crippen molar-refractivity contribution in [3.63, 3.8) is 0 Å². The quantitative estimate of drug-likeness (QED) is 0.762. The fraction of sp³-hybridized carbons (Fsp3) is 0.455. The van der Waals surface area contributed by atoms with Crippen LogP contribution in [0.25, 0.3) is 11.0 Å². The Balaban J connectivity index is 2.11. The Labute approximate surface area is 94.5 Å². The van der Waals surface area contributed by atoms with Gasteiger partial charge in [0.2, 0.25) is 5.88 Å². The van der Waals surface area contributed by atoms with Gasteiger partial charge in [-0.15, -0.1) is 0 Å². The molecule has 5 heteroatoms. The molecular formula is C11H16N4O. The average molecular weight is 220 g/mol. The van der Waals surface area contributed by atoms with Crippen LogP contribution in [0.15, 0.2) is 18.6 Å². The molecule has 2 aromatic rings. The third kappa shape index (κ3) is 2.14. The van der Waals surface area contributed by atoms with Crippen LogP contribution in [0.4, 0.5) is 0 Å². The second kappa shape index (κ2) is 4.94. The lowest BCUT2D eigenvalue weighted by Gasteiger charge is -2.05. The highest BCUT2D eigenvalue weighted by molar-refractivity contribution is 5.79. The second-order valence-corrected chi connectivity index (χ2v) is 3.54. The SMILES string of the molecule is CCNCCOc1nccc2c1ncn2C. The summed E-state index contributed by atoms with van der Waals surface area (Å²) in [5.41, 5.74) is 1.86. The van der Waals surface area contributed by atoms with Crippen molar-refractivity contribution >= 4 is 11.0 Å². The molecule has 0 bridgehead atoms. The topological polar surface area (TPSA) is 52.0 Å². The Bertz CT molecular complexity index is 466. The van der Waals surface area contributed by atoms with E-state index in [1.807, 2.05) is 17.7 Å². The molecule has 0 atom stereocenters. The lowest BCUT2D eigenvalue weighted by Crippen LogP contribution is -2.20. The average Bonchev–Trinajstić information content (AvgIpc) is 2.68. The Morgan fingerprint density at radius 1 is 1.44 bits per heavy atom. The van der Waals surface area contributed by atoms with Gasteiger partial charge in [0.25, 0.3) is 0 Å². The predicted octanol–water partition coefficient (Wildman–Crippen LogP) is 0.957. The van der Waals surface area contributed by atoms with Gasteiger partial charge in [-0.25, -0.2) is 9.97 Å². The third-order valence-corrected chi connectivity index (χ3v) is 2.38. The van der Waals surface area contributed by atoms with Gasteiger partial charge in [0.15, 0.2) is 5.52 Å². The van der Waals surface area contributed by atoms with Gasteiger partial charge in [0, 0.05) is 19.8 Å². The summed E-state index contributed by atoms with van der Waals surface area (Å²) in [7, 11) is 1.96. The smallest absolute Gasteiger partial charge is 0.242 e. The summed E-state index contributed by atoms with van der Waals surface area (Å²) >= 11 is 0. The van der Waals surface area contributed by atoms with E-state index in [1.54, 1.807) is 12.5 Å². The van der Waals surface area contributed by atoms with Gasteiger partial charge in [0.1, 0.15) is 6.61 Å². The fourth-order valence-corrected chi connectivity index (χ4v) is 1.54. The second-order valence-electron chi connectivity index (χ2n) is 3.54. The number of hydrogen-bond acceptors (Lipinski definition) is 4. The first-order valence-corrected chi connectivity index (χ1v) is 5.42. The predicted molar refractivity (Wildman–Crippen MR) is 62.5 cm³/mol. The molecule has 0 fully saturated rings. The molecule has 0 saturated heterocycles. The van der Waals surface area contributed by atoms with Crippen LogP contribution in [-0.2, 0) is 7.05 Å². The van der Waals surface area contributed by atoms with E-state index in [0.717, 1.165) is 24.1 Å². The van der Waals surface area contributed by atoms with E-state index >= 15 is 0 Å². The van der Waals surface area contributed by atoms with E-state index in [0.29, 0.717) is 12.5 Å². The molecule has 2 heterocycles. The highest BCUT2D eigenvalue weighted by Gasteiger charge is 2.07. The van der Waals surface area contributed by atoms with E-state index < -0.39 is 0 Å². The minimum Gasteiger partial charge on any atom is -0.475 e. The Morgan fingerprint density at radius 2 is 2.31 bits per heavy atom. The number of ether oxygens (including phenoxy) is 1. The van der Waals surface area contributed by atoms with Gasteiger partial charge in [-0.2, -0.15) is 0 Å². The standard InChI is InChI=1S/C11H16N4O/c1-3-12-6-7-16-11-10-9(4-5-13-11)15(2)8-14-10/h4-5,8,12H,3,6-7H2,1-2H3. The van der Waals surface area contributed by atoms with Crippen LogP contribution in [-0.4, -0.2) is 34.2 Å². The third-order valence-electron chi connectivity index (χ3n) is 2.38. The van der Waals surface area contributed by atoms with E-state index in [4.69, 9.17) is 4.74 Å². The molecule has 0 aliphatic rings. The number of fused-ring (bicyclic) bond motifs is 1. The van der Waals surface area contributed by atoms with Crippen LogP contribution in [0.3, 0.4) is 0 Å². The number of rotatable bonds is 5. The summed E-state index contributed by atoms with van der Waals surface area (Å²) in [6.45, 7) is 4.44. The highest BCUT2D eigenvalue weighted by atomic mass is 16.5. The maximum atomic E-state index is 5.59. The molecule has 0 amide bonds. The van der Waals surface area contributed by atoms with Crippen molar-refractivity contribution in [3.05, 3.63) is 18.6 Å².